The van der Waals surface area contributed by atoms with Crippen molar-refractivity contribution in [2.45, 2.75) is 13.5 Å². The lowest BCUT2D eigenvalue weighted by atomic mass is 10.2. The first-order chi connectivity index (χ1) is 11.6. The molecular weight excluding hydrogens is 304 g/mol. The summed E-state index contributed by atoms with van der Waals surface area (Å²) in [5.74, 6) is -0.482. The topological polar surface area (TPSA) is 60.7 Å². The molecule has 0 spiro atoms. The highest BCUT2D eigenvalue weighted by atomic mass is 16.5. The number of nitrogens with zero attached hydrogens (tertiary/aromatic N) is 2. The fourth-order valence-electron chi connectivity index (χ4n) is 2.25. The number of rotatable bonds is 4. The molecule has 120 valence electrons. The molecule has 1 aromatic carbocycles. The molecule has 0 aliphatic heterocycles. The summed E-state index contributed by atoms with van der Waals surface area (Å²) in [6, 6.07) is 14.5. The van der Waals surface area contributed by atoms with Crippen molar-refractivity contribution in [3.05, 3.63) is 88.0 Å². The average molecular weight is 320 g/mol. The molecule has 0 aliphatic carbocycles. The van der Waals surface area contributed by atoms with Gasteiger partial charge in [-0.2, -0.15) is 0 Å². The minimum atomic E-state index is -0.482. The Bertz CT molecular complexity index is 959. The molecule has 5 nitrogen and oxygen atoms in total. The molecule has 0 radical (unpaired) electrons. The van der Waals surface area contributed by atoms with Crippen LogP contribution in [-0.2, 0) is 16.1 Å². The van der Waals surface area contributed by atoms with Gasteiger partial charge >= 0.3 is 5.97 Å². The highest BCUT2D eigenvalue weighted by Gasteiger charge is 2.05. The van der Waals surface area contributed by atoms with Gasteiger partial charge in [0.2, 0.25) is 0 Å². The van der Waals surface area contributed by atoms with E-state index in [-0.39, 0.29) is 12.2 Å². The summed E-state index contributed by atoms with van der Waals surface area (Å²) >= 11 is 0. The third kappa shape index (κ3) is 3.76. The van der Waals surface area contributed by atoms with Gasteiger partial charge in [0.25, 0.3) is 5.56 Å². The van der Waals surface area contributed by atoms with E-state index >= 15 is 0 Å². The second-order valence-electron chi connectivity index (χ2n) is 5.37. The van der Waals surface area contributed by atoms with E-state index in [0.717, 1.165) is 11.1 Å². The molecular formula is C19H16N2O3. The number of fused-ring (bicyclic) bond motifs is 1. The molecule has 0 amide bonds. The number of esters is 1. The SMILES string of the molecule is Cc1ccc2nc(COC(=O)/C=C/c3ccccc3)cc(=O)n2c1. The highest BCUT2D eigenvalue weighted by Crippen LogP contribution is 2.05. The number of hydrogen-bond acceptors (Lipinski definition) is 4. The fourth-order valence-corrected chi connectivity index (χ4v) is 2.25. The maximum atomic E-state index is 12.1. The zero-order chi connectivity index (χ0) is 16.9. The van der Waals surface area contributed by atoms with Gasteiger partial charge in [-0.25, -0.2) is 9.78 Å². The van der Waals surface area contributed by atoms with Crippen molar-refractivity contribution < 1.29 is 9.53 Å². The number of hydrogen-bond donors (Lipinski definition) is 0. The van der Waals surface area contributed by atoms with E-state index < -0.39 is 5.97 Å². The summed E-state index contributed by atoms with van der Waals surface area (Å²) in [6.45, 7) is 1.86. The van der Waals surface area contributed by atoms with Gasteiger partial charge in [0, 0.05) is 18.3 Å². The molecule has 2 aromatic heterocycles. The fraction of sp³-hybridized carbons (Fsp3) is 0.105. The predicted octanol–water partition coefficient (Wildman–Crippen LogP) is 2.76. The van der Waals surface area contributed by atoms with Crippen LogP contribution in [0.4, 0.5) is 0 Å². The summed E-state index contributed by atoms with van der Waals surface area (Å²) in [7, 11) is 0. The Hall–Kier alpha value is -3.21. The van der Waals surface area contributed by atoms with Crippen LogP contribution < -0.4 is 5.56 Å². The molecule has 0 bridgehead atoms. The van der Waals surface area contributed by atoms with E-state index in [4.69, 9.17) is 4.74 Å². The molecule has 0 fully saturated rings. The lowest BCUT2D eigenvalue weighted by Gasteiger charge is -2.05. The minimum Gasteiger partial charge on any atom is -0.456 e. The molecule has 0 aliphatic rings. The summed E-state index contributed by atoms with van der Waals surface area (Å²) in [4.78, 5) is 28.2. The van der Waals surface area contributed by atoms with Crippen molar-refractivity contribution in [2.75, 3.05) is 0 Å². The van der Waals surface area contributed by atoms with E-state index in [0.29, 0.717) is 11.3 Å². The molecule has 0 saturated carbocycles. The van der Waals surface area contributed by atoms with Gasteiger partial charge in [0.05, 0.1) is 5.69 Å². The molecule has 24 heavy (non-hydrogen) atoms. The van der Waals surface area contributed by atoms with E-state index in [1.54, 1.807) is 18.3 Å². The number of carbonyl (C=O) groups excluding carboxylic acids is 1. The van der Waals surface area contributed by atoms with Crippen LogP contribution in [-0.4, -0.2) is 15.4 Å². The molecule has 0 unspecified atom stereocenters. The van der Waals surface area contributed by atoms with Crippen LogP contribution in [0.5, 0.6) is 0 Å². The van der Waals surface area contributed by atoms with Crippen LogP contribution >= 0.6 is 0 Å². The summed E-state index contributed by atoms with van der Waals surface area (Å²) in [6.07, 6.45) is 4.75. The predicted molar refractivity (Wildman–Crippen MR) is 91.5 cm³/mol. The first-order valence-electron chi connectivity index (χ1n) is 7.51. The van der Waals surface area contributed by atoms with Crippen LogP contribution in [0.3, 0.4) is 0 Å². The van der Waals surface area contributed by atoms with Crippen molar-refractivity contribution in [1.29, 1.82) is 0 Å². The van der Waals surface area contributed by atoms with Gasteiger partial charge in [-0.1, -0.05) is 36.4 Å². The molecule has 3 aromatic rings. The Balaban J connectivity index is 1.69. The number of ether oxygens (including phenoxy) is 1. The number of pyridine rings is 1. The van der Waals surface area contributed by atoms with Crippen LogP contribution in [0.1, 0.15) is 16.8 Å². The van der Waals surface area contributed by atoms with Gasteiger partial charge in [0.1, 0.15) is 12.3 Å². The molecule has 0 N–H and O–H groups in total. The van der Waals surface area contributed by atoms with E-state index in [1.807, 2.05) is 43.3 Å². The van der Waals surface area contributed by atoms with Crippen molar-refractivity contribution >= 4 is 17.7 Å². The smallest absolute Gasteiger partial charge is 0.331 e. The molecule has 0 atom stereocenters. The lowest BCUT2D eigenvalue weighted by molar-refractivity contribution is -0.139. The van der Waals surface area contributed by atoms with Gasteiger partial charge in [-0.3, -0.25) is 9.20 Å². The zero-order valence-corrected chi connectivity index (χ0v) is 13.2. The van der Waals surface area contributed by atoms with Crippen LogP contribution in [0.25, 0.3) is 11.7 Å². The first kappa shape index (κ1) is 15.7. The monoisotopic (exact) mass is 320 g/mol. The largest absolute Gasteiger partial charge is 0.456 e. The number of aromatic nitrogens is 2. The Labute approximate surface area is 138 Å². The van der Waals surface area contributed by atoms with E-state index in [9.17, 15) is 9.59 Å². The quantitative estimate of drug-likeness (QED) is 0.548. The van der Waals surface area contributed by atoms with Crippen LogP contribution in [0.2, 0.25) is 0 Å². The lowest BCUT2D eigenvalue weighted by Crippen LogP contribution is -2.16. The Morgan fingerprint density at radius 2 is 2.00 bits per heavy atom. The van der Waals surface area contributed by atoms with Crippen molar-refractivity contribution in [3.8, 4) is 0 Å². The van der Waals surface area contributed by atoms with Crippen molar-refractivity contribution in [3.63, 3.8) is 0 Å². The second kappa shape index (κ2) is 6.91. The second-order valence-corrected chi connectivity index (χ2v) is 5.37. The first-order valence-corrected chi connectivity index (χ1v) is 7.51. The average Bonchev–Trinajstić information content (AvgIpc) is 2.60. The number of aryl methyl sites for hydroxylation is 1. The van der Waals surface area contributed by atoms with Gasteiger partial charge in [-0.05, 0) is 30.2 Å². The minimum absolute atomic E-state index is 0.0441. The highest BCUT2D eigenvalue weighted by molar-refractivity contribution is 5.86. The van der Waals surface area contributed by atoms with Gasteiger partial charge < -0.3 is 4.74 Å². The third-order valence-electron chi connectivity index (χ3n) is 3.43. The number of benzene rings is 1. The van der Waals surface area contributed by atoms with Gasteiger partial charge in [0.15, 0.2) is 0 Å². The van der Waals surface area contributed by atoms with E-state index in [2.05, 4.69) is 4.98 Å². The molecule has 2 heterocycles. The van der Waals surface area contributed by atoms with Crippen molar-refractivity contribution in [1.82, 2.24) is 9.38 Å². The third-order valence-corrected chi connectivity index (χ3v) is 3.43. The molecule has 0 saturated heterocycles. The standard InChI is InChI=1S/C19H16N2O3/c1-14-7-9-17-20-16(11-18(22)21(17)12-14)13-24-19(23)10-8-15-5-3-2-4-6-15/h2-12H,13H2,1H3/b10-8+. The Morgan fingerprint density at radius 1 is 1.21 bits per heavy atom. The summed E-state index contributed by atoms with van der Waals surface area (Å²) in [5.41, 5.74) is 2.63. The summed E-state index contributed by atoms with van der Waals surface area (Å²) in [5, 5.41) is 0. The van der Waals surface area contributed by atoms with Crippen molar-refractivity contribution in [2.24, 2.45) is 0 Å². The normalized spacial score (nSPS) is 11.0. The zero-order valence-electron chi connectivity index (χ0n) is 13.2. The Kier molecular flexibility index (Phi) is 4.52. The molecule has 3 rings (SSSR count). The number of carbonyl (C=O) groups is 1. The maximum absolute atomic E-state index is 12.1. The maximum Gasteiger partial charge on any atom is 0.331 e. The summed E-state index contributed by atoms with van der Waals surface area (Å²) < 4.78 is 6.61. The Morgan fingerprint density at radius 3 is 2.79 bits per heavy atom. The van der Waals surface area contributed by atoms with Crippen LogP contribution in [0.15, 0.2) is 65.6 Å². The molecule has 5 heteroatoms. The van der Waals surface area contributed by atoms with E-state index in [1.165, 1.54) is 16.5 Å². The van der Waals surface area contributed by atoms with Gasteiger partial charge in [-0.15, -0.1) is 0 Å². The van der Waals surface area contributed by atoms with Crippen LogP contribution in [0, 0.1) is 6.92 Å².